The third kappa shape index (κ3) is 2.70. The third-order valence-corrected chi connectivity index (χ3v) is 3.63. The topological polar surface area (TPSA) is 66.0 Å². The lowest BCUT2D eigenvalue weighted by molar-refractivity contribution is 0.147. The SMILES string of the molecule is COCC(C)Cn1nnc(C(N)=S)c1C1CCC1. The van der Waals surface area contributed by atoms with Gasteiger partial charge < -0.3 is 10.5 Å². The second-order valence-corrected chi connectivity index (χ2v) is 5.50. The Bertz CT molecular complexity index is 428. The molecule has 0 amide bonds. The largest absolute Gasteiger partial charge is 0.388 e. The van der Waals surface area contributed by atoms with Gasteiger partial charge in [0, 0.05) is 19.6 Å². The second-order valence-electron chi connectivity index (χ2n) is 5.06. The van der Waals surface area contributed by atoms with E-state index in [0.717, 1.165) is 12.2 Å². The smallest absolute Gasteiger partial charge is 0.143 e. The van der Waals surface area contributed by atoms with E-state index < -0.39 is 0 Å². The van der Waals surface area contributed by atoms with Gasteiger partial charge in [-0.3, -0.25) is 0 Å². The Morgan fingerprint density at radius 2 is 2.33 bits per heavy atom. The van der Waals surface area contributed by atoms with Crippen molar-refractivity contribution in [1.29, 1.82) is 0 Å². The maximum Gasteiger partial charge on any atom is 0.143 e. The summed E-state index contributed by atoms with van der Waals surface area (Å²) in [5.41, 5.74) is 7.55. The van der Waals surface area contributed by atoms with Crippen LogP contribution in [0.1, 0.15) is 43.5 Å². The molecule has 0 aliphatic heterocycles. The predicted molar refractivity (Wildman–Crippen MR) is 73.5 cm³/mol. The Labute approximate surface area is 113 Å². The van der Waals surface area contributed by atoms with Gasteiger partial charge in [0.05, 0.1) is 12.3 Å². The molecule has 1 aliphatic rings. The third-order valence-electron chi connectivity index (χ3n) is 3.43. The van der Waals surface area contributed by atoms with E-state index in [1.54, 1.807) is 7.11 Å². The molecule has 0 saturated heterocycles. The van der Waals surface area contributed by atoms with Gasteiger partial charge in [0.1, 0.15) is 10.7 Å². The number of nitrogens with zero attached hydrogens (tertiary/aromatic N) is 3. The first kappa shape index (κ1) is 13.4. The minimum Gasteiger partial charge on any atom is -0.388 e. The average molecular weight is 268 g/mol. The molecule has 1 heterocycles. The molecule has 1 aromatic heterocycles. The number of nitrogens with two attached hydrogens (primary N) is 1. The number of thiocarbonyl (C=S) groups is 1. The fraction of sp³-hybridized carbons (Fsp3) is 0.750. The van der Waals surface area contributed by atoms with Crippen LogP contribution in [-0.2, 0) is 11.3 Å². The maximum absolute atomic E-state index is 5.72. The Hall–Kier alpha value is -1.01. The molecule has 2 rings (SSSR count). The lowest BCUT2D eigenvalue weighted by Gasteiger charge is -2.27. The van der Waals surface area contributed by atoms with Crippen LogP contribution in [0.5, 0.6) is 0 Å². The van der Waals surface area contributed by atoms with Crippen molar-refractivity contribution in [1.82, 2.24) is 15.0 Å². The van der Waals surface area contributed by atoms with Crippen molar-refractivity contribution in [3.05, 3.63) is 11.4 Å². The molecule has 100 valence electrons. The van der Waals surface area contributed by atoms with Crippen molar-refractivity contribution in [2.24, 2.45) is 11.7 Å². The van der Waals surface area contributed by atoms with E-state index in [1.807, 2.05) is 4.68 Å². The first-order chi connectivity index (χ1) is 8.63. The summed E-state index contributed by atoms with van der Waals surface area (Å²) in [4.78, 5) is 0.350. The molecule has 1 aliphatic carbocycles. The van der Waals surface area contributed by atoms with E-state index in [1.165, 1.54) is 19.3 Å². The van der Waals surface area contributed by atoms with Crippen molar-refractivity contribution in [2.45, 2.75) is 38.6 Å². The molecule has 2 N–H and O–H groups in total. The van der Waals surface area contributed by atoms with Crippen molar-refractivity contribution in [3.63, 3.8) is 0 Å². The molecule has 6 heteroatoms. The van der Waals surface area contributed by atoms with Crippen molar-refractivity contribution >= 4 is 17.2 Å². The van der Waals surface area contributed by atoms with Crippen LogP contribution in [0.15, 0.2) is 0 Å². The lowest BCUT2D eigenvalue weighted by atomic mass is 9.82. The summed E-state index contributed by atoms with van der Waals surface area (Å²) in [5.74, 6) is 0.918. The van der Waals surface area contributed by atoms with E-state index in [9.17, 15) is 0 Å². The molecule has 1 aromatic rings. The highest BCUT2D eigenvalue weighted by atomic mass is 32.1. The van der Waals surface area contributed by atoms with Crippen molar-refractivity contribution in [3.8, 4) is 0 Å². The van der Waals surface area contributed by atoms with Crippen LogP contribution in [0, 0.1) is 5.92 Å². The zero-order valence-corrected chi connectivity index (χ0v) is 11.7. The summed E-state index contributed by atoms with van der Waals surface area (Å²) in [6.45, 7) is 3.65. The van der Waals surface area contributed by atoms with Crippen LogP contribution in [0.2, 0.25) is 0 Å². The molecule has 1 saturated carbocycles. The van der Waals surface area contributed by atoms with Crippen LogP contribution >= 0.6 is 12.2 Å². The monoisotopic (exact) mass is 268 g/mol. The van der Waals surface area contributed by atoms with Gasteiger partial charge in [0.15, 0.2) is 0 Å². The summed E-state index contributed by atoms with van der Waals surface area (Å²) < 4.78 is 7.12. The van der Waals surface area contributed by atoms with Gasteiger partial charge in [-0.25, -0.2) is 4.68 Å². The van der Waals surface area contributed by atoms with E-state index in [0.29, 0.717) is 29.1 Å². The van der Waals surface area contributed by atoms with Crippen LogP contribution in [0.4, 0.5) is 0 Å². The van der Waals surface area contributed by atoms with Gasteiger partial charge in [-0.1, -0.05) is 30.8 Å². The quantitative estimate of drug-likeness (QED) is 0.791. The van der Waals surface area contributed by atoms with E-state index >= 15 is 0 Å². The van der Waals surface area contributed by atoms with Crippen LogP contribution in [-0.4, -0.2) is 33.7 Å². The second kappa shape index (κ2) is 5.75. The van der Waals surface area contributed by atoms with Crippen molar-refractivity contribution < 1.29 is 4.74 Å². The molecule has 0 radical (unpaired) electrons. The highest BCUT2D eigenvalue weighted by Crippen LogP contribution is 2.37. The summed E-state index contributed by atoms with van der Waals surface area (Å²) in [6.07, 6.45) is 3.63. The van der Waals surface area contributed by atoms with Crippen molar-refractivity contribution in [2.75, 3.05) is 13.7 Å². The minimum absolute atomic E-state index is 0.350. The molecular formula is C12H20N4OS. The Morgan fingerprint density at radius 3 is 2.83 bits per heavy atom. The molecule has 5 nitrogen and oxygen atoms in total. The highest BCUT2D eigenvalue weighted by molar-refractivity contribution is 7.80. The van der Waals surface area contributed by atoms with E-state index in [4.69, 9.17) is 22.7 Å². The Kier molecular flexibility index (Phi) is 4.29. The summed E-state index contributed by atoms with van der Waals surface area (Å²) >= 11 is 5.06. The number of methoxy groups -OCH3 is 1. The molecule has 1 fully saturated rings. The summed E-state index contributed by atoms with van der Waals surface area (Å²) in [7, 11) is 1.71. The first-order valence-electron chi connectivity index (χ1n) is 6.35. The molecule has 0 bridgehead atoms. The fourth-order valence-corrected chi connectivity index (χ4v) is 2.49. The summed E-state index contributed by atoms with van der Waals surface area (Å²) in [6, 6.07) is 0. The number of rotatable bonds is 6. The first-order valence-corrected chi connectivity index (χ1v) is 6.76. The number of ether oxygens (including phenoxy) is 1. The number of hydrogen-bond acceptors (Lipinski definition) is 4. The van der Waals surface area contributed by atoms with Gasteiger partial charge in [0.2, 0.25) is 0 Å². The van der Waals surface area contributed by atoms with Crippen LogP contribution in [0.3, 0.4) is 0 Å². The van der Waals surface area contributed by atoms with E-state index in [-0.39, 0.29) is 0 Å². The number of hydrogen-bond donors (Lipinski definition) is 1. The molecule has 1 atom stereocenters. The molecule has 18 heavy (non-hydrogen) atoms. The lowest BCUT2D eigenvalue weighted by Crippen LogP contribution is -2.23. The zero-order valence-electron chi connectivity index (χ0n) is 10.9. The Morgan fingerprint density at radius 1 is 1.61 bits per heavy atom. The molecule has 0 spiro atoms. The maximum atomic E-state index is 5.72. The molecule has 0 aromatic carbocycles. The summed E-state index contributed by atoms with van der Waals surface area (Å²) in [5, 5.41) is 8.34. The predicted octanol–water partition coefficient (Wildman–Crippen LogP) is 1.46. The van der Waals surface area contributed by atoms with Crippen LogP contribution < -0.4 is 5.73 Å². The van der Waals surface area contributed by atoms with Gasteiger partial charge in [-0.15, -0.1) is 5.10 Å². The van der Waals surface area contributed by atoms with Crippen LogP contribution in [0.25, 0.3) is 0 Å². The average Bonchev–Trinajstić information content (AvgIpc) is 2.60. The Balaban J connectivity index is 2.21. The minimum atomic E-state index is 0.350. The van der Waals surface area contributed by atoms with E-state index in [2.05, 4.69) is 17.2 Å². The van der Waals surface area contributed by atoms with Gasteiger partial charge >= 0.3 is 0 Å². The van der Waals surface area contributed by atoms with Gasteiger partial charge in [-0.2, -0.15) is 0 Å². The normalized spacial score (nSPS) is 17.4. The molecular weight excluding hydrogens is 248 g/mol. The molecule has 1 unspecified atom stereocenters. The standard InChI is InChI=1S/C12H20N4OS/c1-8(7-17-2)6-16-11(9-4-3-5-9)10(12(13)18)14-15-16/h8-9H,3-7H2,1-2H3,(H2,13,18). The van der Waals surface area contributed by atoms with Gasteiger partial charge in [-0.05, 0) is 18.8 Å². The van der Waals surface area contributed by atoms with Gasteiger partial charge in [0.25, 0.3) is 0 Å². The fourth-order valence-electron chi connectivity index (χ4n) is 2.35. The highest BCUT2D eigenvalue weighted by Gasteiger charge is 2.28. The zero-order chi connectivity index (χ0) is 13.1. The number of aromatic nitrogens is 3.